The van der Waals surface area contributed by atoms with Crippen LogP contribution in [0.4, 0.5) is 5.69 Å². The summed E-state index contributed by atoms with van der Waals surface area (Å²) in [5.74, 6) is 0.247. The number of anilines is 1. The number of thiocarbonyl (C=S) groups is 1. The molecule has 0 atom stereocenters. The molecule has 0 unspecified atom stereocenters. The van der Waals surface area contributed by atoms with E-state index in [0.29, 0.717) is 27.5 Å². The van der Waals surface area contributed by atoms with E-state index in [4.69, 9.17) is 17.0 Å². The van der Waals surface area contributed by atoms with Crippen molar-refractivity contribution in [3.8, 4) is 5.75 Å². The van der Waals surface area contributed by atoms with Gasteiger partial charge in [-0.1, -0.05) is 0 Å². The second-order valence-corrected chi connectivity index (χ2v) is 3.92. The van der Waals surface area contributed by atoms with Gasteiger partial charge in [0.1, 0.15) is 0 Å². The Labute approximate surface area is 102 Å². The summed E-state index contributed by atoms with van der Waals surface area (Å²) in [7, 11) is 0. The molecule has 88 valence electrons. The lowest BCUT2D eigenvalue weighted by Crippen LogP contribution is -2.07. The Balaban J connectivity index is 2.50. The molecule has 1 N–H and O–H groups in total. The average Bonchev–Trinajstić information content (AvgIpc) is 2.69. The van der Waals surface area contributed by atoms with Crippen molar-refractivity contribution in [1.82, 2.24) is 10.3 Å². The van der Waals surface area contributed by atoms with Crippen molar-refractivity contribution in [2.24, 2.45) is 0 Å². The highest BCUT2D eigenvalue weighted by molar-refractivity contribution is 7.80. The van der Waals surface area contributed by atoms with E-state index in [1.807, 2.05) is 0 Å². The predicted molar refractivity (Wildman–Crippen MR) is 65.0 cm³/mol. The highest BCUT2D eigenvalue weighted by Crippen LogP contribution is 2.29. The van der Waals surface area contributed by atoms with Gasteiger partial charge in [0.2, 0.25) is 5.91 Å². The smallest absolute Gasteiger partial charge is 0.221 e. The van der Waals surface area contributed by atoms with Crippen LogP contribution in [0, 0.1) is 0 Å². The Morgan fingerprint density at radius 3 is 2.71 bits per heavy atom. The molecule has 0 aliphatic rings. The van der Waals surface area contributed by atoms with Crippen LogP contribution in [-0.4, -0.2) is 21.3 Å². The van der Waals surface area contributed by atoms with Crippen molar-refractivity contribution in [3.05, 3.63) is 12.1 Å². The summed E-state index contributed by atoms with van der Waals surface area (Å²) >= 11 is 4.85. The number of benzene rings is 1. The second kappa shape index (κ2) is 4.46. The van der Waals surface area contributed by atoms with E-state index in [-0.39, 0.29) is 5.91 Å². The fourth-order valence-corrected chi connectivity index (χ4v) is 1.46. The zero-order valence-corrected chi connectivity index (χ0v) is 10.00. The number of carbonyl (C=O) groups excluding carboxylic acids is 1. The van der Waals surface area contributed by atoms with Crippen LogP contribution in [-0.2, 0) is 4.79 Å². The van der Waals surface area contributed by atoms with E-state index in [9.17, 15) is 4.79 Å². The second-order valence-electron chi connectivity index (χ2n) is 3.35. The van der Waals surface area contributed by atoms with Gasteiger partial charge in [-0.15, -0.1) is 0 Å². The summed E-state index contributed by atoms with van der Waals surface area (Å²) in [6.45, 7) is 3.06. The molecule has 2 rings (SSSR count). The van der Waals surface area contributed by atoms with E-state index in [1.54, 1.807) is 19.1 Å². The monoisotopic (exact) mass is 251 g/mol. The number of ether oxygens (including phenoxy) is 1. The molecule has 0 aliphatic heterocycles. The van der Waals surface area contributed by atoms with Gasteiger partial charge in [-0.3, -0.25) is 4.79 Å². The lowest BCUT2D eigenvalue weighted by Gasteiger charge is -2.05. The van der Waals surface area contributed by atoms with Crippen molar-refractivity contribution in [1.29, 1.82) is 0 Å². The third-order valence-corrected chi connectivity index (χ3v) is 2.03. The summed E-state index contributed by atoms with van der Waals surface area (Å²) in [6.07, 6.45) is 0. The van der Waals surface area contributed by atoms with E-state index in [0.717, 1.165) is 0 Å². The number of nitrogens with one attached hydrogen (secondary N) is 1. The van der Waals surface area contributed by atoms with Crippen molar-refractivity contribution in [3.63, 3.8) is 0 Å². The van der Waals surface area contributed by atoms with Crippen LogP contribution in [0.5, 0.6) is 5.75 Å². The molecule has 7 heteroatoms. The Hall–Kier alpha value is -2.02. The molecule has 0 aliphatic carbocycles. The van der Waals surface area contributed by atoms with Gasteiger partial charge >= 0.3 is 0 Å². The Morgan fingerprint density at radius 1 is 1.35 bits per heavy atom. The first-order valence-corrected chi connectivity index (χ1v) is 5.20. The normalized spacial score (nSPS) is 10.2. The summed E-state index contributed by atoms with van der Waals surface area (Å²) in [5.41, 5.74) is 1.36. The molecule has 1 aromatic carbocycles. The number of aromatic nitrogens is 2. The van der Waals surface area contributed by atoms with Gasteiger partial charge in [0.05, 0.1) is 5.69 Å². The van der Waals surface area contributed by atoms with E-state index in [1.165, 1.54) is 6.92 Å². The predicted octanol–water partition coefficient (Wildman–Crippen LogP) is 1.91. The fourth-order valence-electron chi connectivity index (χ4n) is 1.37. The third kappa shape index (κ3) is 2.39. The third-order valence-electron chi connectivity index (χ3n) is 1.94. The first-order valence-electron chi connectivity index (χ1n) is 4.79. The van der Waals surface area contributed by atoms with E-state index >= 15 is 0 Å². The average molecular weight is 251 g/mol. The van der Waals surface area contributed by atoms with Gasteiger partial charge in [-0.25, -0.2) is 4.63 Å². The first-order chi connectivity index (χ1) is 8.08. The fraction of sp³-hybridized carbons (Fsp3) is 0.200. The number of nitrogens with zero attached hydrogens (tertiary/aromatic N) is 2. The minimum atomic E-state index is -0.200. The Kier molecular flexibility index (Phi) is 3.01. The molecule has 0 radical (unpaired) electrons. The SMILES string of the molecule is CC(=O)Nc1ccc(OC(C)=S)c2nonc12. The van der Waals surface area contributed by atoms with Gasteiger partial charge in [0.25, 0.3) is 0 Å². The largest absolute Gasteiger partial charge is 0.448 e. The maximum absolute atomic E-state index is 11.0. The van der Waals surface area contributed by atoms with Crippen LogP contribution in [0.2, 0.25) is 0 Å². The number of hydrogen-bond donors (Lipinski definition) is 1. The van der Waals surface area contributed by atoms with Gasteiger partial charge < -0.3 is 10.1 Å². The number of carbonyl (C=O) groups is 1. The highest BCUT2D eigenvalue weighted by atomic mass is 32.1. The lowest BCUT2D eigenvalue weighted by molar-refractivity contribution is -0.114. The summed E-state index contributed by atoms with van der Waals surface area (Å²) in [5, 5.41) is 10.4. The van der Waals surface area contributed by atoms with Crippen LogP contribution in [0.15, 0.2) is 16.8 Å². The van der Waals surface area contributed by atoms with Crippen molar-refractivity contribution in [2.75, 3.05) is 5.32 Å². The maximum atomic E-state index is 11.0. The lowest BCUT2D eigenvalue weighted by atomic mass is 10.2. The molecule has 6 nitrogen and oxygen atoms in total. The Morgan fingerprint density at radius 2 is 2.06 bits per heavy atom. The molecule has 0 saturated carbocycles. The molecule has 1 heterocycles. The minimum Gasteiger partial charge on any atom is -0.448 e. The molecule has 1 amide bonds. The minimum absolute atomic E-state index is 0.200. The van der Waals surface area contributed by atoms with Crippen LogP contribution in [0.1, 0.15) is 13.8 Å². The molecule has 17 heavy (non-hydrogen) atoms. The van der Waals surface area contributed by atoms with E-state index in [2.05, 4.69) is 20.3 Å². The highest BCUT2D eigenvalue weighted by Gasteiger charge is 2.14. The van der Waals surface area contributed by atoms with Gasteiger partial charge in [0, 0.05) is 13.8 Å². The van der Waals surface area contributed by atoms with Crippen LogP contribution < -0.4 is 10.1 Å². The maximum Gasteiger partial charge on any atom is 0.221 e. The zero-order valence-electron chi connectivity index (χ0n) is 9.18. The zero-order chi connectivity index (χ0) is 12.4. The van der Waals surface area contributed by atoms with Crippen molar-refractivity contribution in [2.45, 2.75) is 13.8 Å². The summed E-state index contributed by atoms with van der Waals surface area (Å²) in [6, 6.07) is 3.30. The molecule has 2 aromatic rings. The van der Waals surface area contributed by atoms with Crippen LogP contribution in [0.25, 0.3) is 11.0 Å². The molecular formula is C10H9N3O3S. The summed E-state index contributed by atoms with van der Waals surface area (Å²) in [4.78, 5) is 11.0. The molecule has 1 aromatic heterocycles. The Bertz CT molecular complexity index is 543. The van der Waals surface area contributed by atoms with Gasteiger partial charge in [-0.2, -0.15) is 0 Å². The molecule has 0 bridgehead atoms. The van der Waals surface area contributed by atoms with Crippen LogP contribution in [0.3, 0.4) is 0 Å². The number of hydrogen-bond acceptors (Lipinski definition) is 6. The number of fused-ring (bicyclic) bond motifs is 1. The first kappa shape index (κ1) is 11.5. The molecule has 0 saturated heterocycles. The quantitative estimate of drug-likeness (QED) is 0.821. The molecule has 0 fully saturated rings. The van der Waals surface area contributed by atoms with Crippen LogP contribution >= 0.6 is 12.2 Å². The molecule has 0 spiro atoms. The van der Waals surface area contributed by atoms with E-state index < -0.39 is 0 Å². The molecular weight excluding hydrogens is 242 g/mol. The summed E-state index contributed by atoms with van der Waals surface area (Å²) < 4.78 is 9.94. The topological polar surface area (TPSA) is 77.2 Å². The number of amides is 1. The number of rotatable bonds is 2. The van der Waals surface area contributed by atoms with Crippen molar-refractivity contribution >= 4 is 39.9 Å². The van der Waals surface area contributed by atoms with Gasteiger partial charge in [-0.05, 0) is 34.7 Å². The van der Waals surface area contributed by atoms with Crippen molar-refractivity contribution < 1.29 is 14.2 Å². The van der Waals surface area contributed by atoms with Gasteiger partial charge in [0.15, 0.2) is 21.8 Å². The standard InChI is InChI=1S/C10H9N3O3S/c1-5(14)11-7-3-4-8(15-6(2)17)10-9(7)12-16-13-10/h3-4H,1-2H3,(H,11,14).